The summed E-state index contributed by atoms with van der Waals surface area (Å²) in [5, 5.41) is 0. The molecule has 1 rings (SSSR count). The van der Waals surface area contributed by atoms with E-state index < -0.39 is 11.9 Å². The molecule has 0 aliphatic rings. The van der Waals surface area contributed by atoms with Gasteiger partial charge in [0.2, 0.25) is 5.95 Å². The van der Waals surface area contributed by atoms with Crippen LogP contribution in [-0.2, 0) is 9.53 Å². The number of halogens is 1. The van der Waals surface area contributed by atoms with Crippen LogP contribution < -0.4 is 0 Å². The van der Waals surface area contributed by atoms with E-state index in [9.17, 15) is 9.18 Å². The zero-order chi connectivity index (χ0) is 10.6. The highest BCUT2D eigenvalue weighted by Crippen LogP contribution is 2.13. The van der Waals surface area contributed by atoms with E-state index in [1.54, 1.807) is 13.0 Å². The van der Waals surface area contributed by atoms with Crippen molar-refractivity contribution >= 4 is 11.5 Å². The van der Waals surface area contributed by atoms with Gasteiger partial charge in [-0.3, -0.25) is 0 Å². The van der Waals surface area contributed by atoms with Gasteiger partial charge in [0.05, 0.1) is 7.11 Å². The van der Waals surface area contributed by atoms with Crippen LogP contribution in [0.2, 0.25) is 0 Å². The zero-order valence-corrected chi connectivity index (χ0v) is 7.95. The predicted molar refractivity (Wildman–Crippen MR) is 49.9 cm³/mol. The number of hydrogen-bond donors (Lipinski definition) is 0. The molecule has 74 valence electrons. The van der Waals surface area contributed by atoms with Crippen molar-refractivity contribution in [3.05, 3.63) is 35.9 Å². The quantitative estimate of drug-likeness (QED) is 0.410. The standard InChI is InChI=1S/C10H10FNO2/c1-7(5-10(13)14-2)8-3-4-12-9(11)6-8/h3-6H,1-2H3/b7-5-. The second-order valence-corrected chi connectivity index (χ2v) is 2.72. The highest BCUT2D eigenvalue weighted by Gasteiger charge is 2.01. The third kappa shape index (κ3) is 2.65. The van der Waals surface area contributed by atoms with Crippen LogP contribution in [-0.4, -0.2) is 18.1 Å². The van der Waals surface area contributed by atoms with E-state index in [-0.39, 0.29) is 0 Å². The lowest BCUT2D eigenvalue weighted by atomic mass is 10.1. The molecular formula is C10H10FNO2. The van der Waals surface area contributed by atoms with Crippen LogP contribution in [0.1, 0.15) is 12.5 Å². The Labute approximate surface area is 81.2 Å². The molecule has 1 aromatic heterocycles. The van der Waals surface area contributed by atoms with Gasteiger partial charge in [0.15, 0.2) is 0 Å². The molecule has 0 N–H and O–H groups in total. The summed E-state index contributed by atoms with van der Waals surface area (Å²) >= 11 is 0. The number of aromatic nitrogens is 1. The molecule has 0 unspecified atom stereocenters. The number of carbonyl (C=O) groups is 1. The molecule has 1 heterocycles. The van der Waals surface area contributed by atoms with Gasteiger partial charge in [-0.25, -0.2) is 9.78 Å². The Bertz CT molecular complexity index is 374. The number of nitrogens with zero attached hydrogens (tertiary/aromatic N) is 1. The summed E-state index contributed by atoms with van der Waals surface area (Å²) in [7, 11) is 1.29. The SMILES string of the molecule is COC(=O)/C=C(/C)c1ccnc(F)c1. The average Bonchev–Trinajstić information content (AvgIpc) is 2.17. The van der Waals surface area contributed by atoms with Gasteiger partial charge >= 0.3 is 5.97 Å². The number of pyridine rings is 1. The number of methoxy groups -OCH3 is 1. The fraction of sp³-hybridized carbons (Fsp3) is 0.200. The van der Waals surface area contributed by atoms with Crippen LogP contribution in [0.15, 0.2) is 24.4 Å². The molecule has 0 aliphatic heterocycles. The Morgan fingerprint density at radius 2 is 2.36 bits per heavy atom. The number of esters is 1. The Balaban J connectivity index is 2.94. The van der Waals surface area contributed by atoms with Crippen LogP contribution in [0.5, 0.6) is 0 Å². The Morgan fingerprint density at radius 3 is 2.93 bits per heavy atom. The van der Waals surface area contributed by atoms with Crippen LogP contribution in [0.25, 0.3) is 5.57 Å². The molecule has 0 radical (unpaired) electrons. The molecule has 0 amide bonds. The monoisotopic (exact) mass is 195 g/mol. The largest absolute Gasteiger partial charge is 0.466 e. The average molecular weight is 195 g/mol. The number of rotatable bonds is 2. The van der Waals surface area contributed by atoms with Crippen molar-refractivity contribution in [2.24, 2.45) is 0 Å². The molecule has 0 atom stereocenters. The number of carbonyl (C=O) groups excluding carboxylic acids is 1. The minimum Gasteiger partial charge on any atom is -0.466 e. The molecule has 0 aliphatic carbocycles. The first-order chi connectivity index (χ1) is 6.63. The van der Waals surface area contributed by atoms with Gasteiger partial charge in [0.25, 0.3) is 0 Å². The summed E-state index contributed by atoms with van der Waals surface area (Å²) < 4.78 is 17.1. The van der Waals surface area contributed by atoms with Gasteiger partial charge in [0.1, 0.15) is 0 Å². The van der Waals surface area contributed by atoms with Crippen molar-refractivity contribution in [3.63, 3.8) is 0 Å². The van der Waals surface area contributed by atoms with Crippen molar-refractivity contribution in [2.75, 3.05) is 7.11 Å². The van der Waals surface area contributed by atoms with Gasteiger partial charge in [-0.1, -0.05) is 0 Å². The van der Waals surface area contributed by atoms with E-state index in [1.165, 1.54) is 25.4 Å². The summed E-state index contributed by atoms with van der Waals surface area (Å²) in [4.78, 5) is 14.3. The van der Waals surface area contributed by atoms with Crippen LogP contribution in [0, 0.1) is 5.95 Å². The number of hydrogen-bond acceptors (Lipinski definition) is 3. The fourth-order valence-electron chi connectivity index (χ4n) is 0.967. The Morgan fingerprint density at radius 1 is 1.64 bits per heavy atom. The van der Waals surface area contributed by atoms with Gasteiger partial charge in [-0.05, 0) is 24.1 Å². The van der Waals surface area contributed by atoms with Crippen molar-refractivity contribution in [1.29, 1.82) is 0 Å². The van der Waals surface area contributed by atoms with E-state index in [2.05, 4.69) is 9.72 Å². The summed E-state index contributed by atoms with van der Waals surface area (Å²) in [6, 6.07) is 2.88. The fourth-order valence-corrected chi connectivity index (χ4v) is 0.967. The van der Waals surface area contributed by atoms with Crippen LogP contribution in [0.3, 0.4) is 0 Å². The summed E-state index contributed by atoms with van der Waals surface area (Å²) in [6.07, 6.45) is 2.65. The van der Waals surface area contributed by atoms with Crippen molar-refractivity contribution < 1.29 is 13.9 Å². The third-order valence-electron chi connectivity index (χ3n) is 1.72. The lowest BCUT2D eigenvalue weighted by molar-refractivity contribution is -0.134. The molecule has 14 heavy (non-hydrogen) atoms. The molecule has 0 spiro atoms. The second-order valence-electron chi connectivity index (χ2n) is 2.72. The molecule has 4 heteroatoms. The van der Waals surface area contributed by atoms with Gasteiger partial charge in [-0.15, -0.1) is 0 Å². The molecular weight excluding hydrogens is 185 g/mol. The lowest BCUT2D eigenvalue weighted by Gasteiger charge is -2.00. The minimum atomic E-state index is -0.569. The van der Waals surface area contributed by atoms with Crippen molar-refractivity contribution in [2.45, 2.75) is 6.92 Å². The zero-order valence-electron chi connectivity index (χ0n) is 7.95. The minimum absolute atomic E-state index is 0.459. The van der Waals surface area contributed by atoms with E-state index in [0.29, 0.717) is 11.1 Å². The predicted octanol–water partition coefficient (Wildman–Crippen LogP) is 1.80. The normalized spacial score (nSPS) is 11.2. The summed E-state index contributed by atoms with van der Waals surface area (Å²) in [5.74, 6) is -1.03. The maximum Gasteiger partial charge on any atom is 0.330 e. The topological polar surface area (TPSA) is 39.2 Å². The molecule has 0 fully saturated rings. The maximum absolute atomic E-state index is 12.7. The van der Waals surface area contributed by atoms with E-state index in [0.717, 1.165) is 0 Å². The van der Waals surface area contributed by atoms with E-state index in [4.69, 9.17) is 0 Å². The van der Waals surface area contributed by atoms with Crippen molar-refractivity contribution in [1.82, 2.24) is 4.98 Å². The first-order valence-corrected chi connectivity index (χ1v) is 4.01. The Kier molecular flexibility index (Phi) is 3.34. The molecule has 0 aromatic carbocycles. The number of allylic oxidation sites excluding steroid dienone is 1. The van der Waals surface area contributed by atoms with E-state index >= 15 is 0 Å². The van der Waals surface area contributed by atoms with Crippen molar-refractivity contribution in [3.8, 4) is 0 Å². The van der Waals surface area contributed by atoms with Gasteiger partial charge in [-0.2, -0.15) is 4.39 Å². The van der Waals surface area contributed by atoms with Gasteiger partial charge in [0, 0.05) is 18.3 Å². The number of ether oxygens (including phenoxy) is 1. The van der Waals surface area contributed by atoms with Gasteiger partial charge < -0.3 is 4.74 Å². The second kappa shape index (κ2) is 4.50. The smallest absolute Gasteiger partial charge is 0.330 e. The highest BCUT2D eigenvalue weighted by atomic mass is 19.1. The first kappa shape index (κ1) is 10.4. The molecule has 0 saturated carbocycles. The molecule has 3 nitrogen and oxygen atoms in total. The third-order valence-corrected chi connectivity index (χ3v) is 1.72. The van der Waals surface area contributed by atoms with Crippen LogP contribution >= 0.6 is 0 Å². The molecule has 0 bridgehead atoms. The summed E-state index contributed by atoms with van der Waals surface area (Å²) in [6.45, 7) is 1.70. The summed E-state index contributed by atoms with van der Waals surface area (Å²) in [5.41, 5.74) is 1.25. The highest BCUT2D eigenvalue weighted by molar-refractivity contribution is 5.90. The maximum atomic E-state index is 12.7. The van der Waals surface area contributed by atoms with E-state index in [1.807, 2.05) is 0 Å². The first-order valence-electron chi connectivity index (χ1n) is 4.01. The Hall–Kier alpha value is -1.71. The van der Waals surface area contributed by atoms with Crippen LogP contribution in [0.4, 0.5) is 4.39 Å². The molecule has 1 aromatic rings. The molecule has 0 saturated heterocycles. The lowest BCUT2D eigenvalue weighted by Crippen LogP contribution is -1.96.